The van der Waals surface area contributed by atoms with Crippen LogP contribution < -0.4 is 10.9 Å². The molecule has 0 aliphatic carbocycles. The molecule has 5 nitrogen and oxygen atoms in total. The van der Waals surface area contributed by atoms with E-state index in [0.29, 0.717) is 16.3 Å². The predicted molar refractivity (Wildman–Crippen MR) is 86.7 cm³/mol. The Kier molecular flexibility index (Phi) is 5.33. The lowest BCUT2D eigenvalue weighted by Gasteiger charge is -2.08. The van der Waals surface area contributed by atoms with Crippen LogP contribution in [0.15, 0.2) is 39.8 Å². The average Bonchev–Trinajstić information content (AvgIpc) is 2.91. The van der Waals surface area contributed by atoms with Crippen LogP contribution in [0, 0.1) is 0 Å². The minimum Gasteiger partial charge on any atom is -0.356 e. The van der Waals surface area contributed by atoms with Crippen molar-refractivity contribution >= 4 is 51.1 Å². The zero-order valence-electron chi connectivity index (χ0n) is 10.9. The summed E-state index contributed by atoms with van der Waals surface area (Å²) in [5, 5.41) is 0.321. The second kappa shape index (κ2) is 7.02. The molecule has 0 aliphatic rings. The topological polar surface area (TPSA) is 74.0 Å². The quantitative estimate of drug-likeness (QED) is 0.558. The number of rotatable bonds is 3. The molecule has 0 unspecified atom stereocenters. The van der Waals surface area contributed by atoms with Crippen molar-refractivity contribution in [2.75, 3.05) is 6.26 Å². The van der Waals surface area contributed by atoms with Gasteiger partial charge in [0.1, 0.15) is 5.69 Å². The van der Waals surface area contributed by atoms with Gasteiger partial charge in [0, 0.05) is 15.6 Å². The third-order valence-corrected chi connectivity index (χ3v) is 4.11. The van der Waals surface area contributed by atoms with Crippen LogP contribution in [0.25, 0.3) is 0 Å². The van der Waals surface area contributed by atoms with Crippen LogP contribution in [0.1, 0.15) is 20.8 Å². The van der Waals surface area contributed by atoms with Crippen molar-refractivity contribution < 1.29 is 9.59 Å². The first-order chi connectivity index (χ1) is 10.0. The number of carbonyl (C=O) groups is 2. The van der Waals surface area contributed by atoms with Crippen LogP contribution in [0.5, 0.6) is 0 Å². The molecule has 1 heterocycles. The molecular weight excluding hydrogens is 378 g/mol. The van der Waals surface area contributed by atoms with Crippen LogP contribution in [-0.4, -0.2) is 23.1 Å². The summed E-state index contributed by atoms with van der Waals surface area (Å²) in [5.41, 5.74) is 5.28. The van der Waals surface area contributed by atoms with E-state index in [1.54, 1.807) is 24.4 Å². The molecule has 0 saturated heterocycles. The van der Waals surface area contributed by atoms with E-state index < -0.39 is 11.8 Å². The van der Waals surface area contributed by atoms with E-state index in [0.717, 1.165) is 9.37 Å². The number of hydrazine groups is 1. The van der Waals surface area contributed by atoms with E-state index in [-0.39, 0.29) is 0 Å². The van der Waals surface area contributed by atoms with Crippen LogP contribution >= 0.6 is 39.3 Å². The lowest BCUT2D eigenvalue weighted by atomic mass is 10.2. The Morgan fingerprint density at radius 1 is 1.24 bits per heavy atom. The van der Waals surface area contributed by atoms with Crippen LogP contribution in [-0.2, 0) is 0 Å². The van der Waals surface area contributed by atoms with Gasteiger partial charge in [-0.25, -0.2) is 0 Å². The maximum atomic E-state index is 12.0. The summed E-state index contributed by atoms with van der Waals surface area (Å²) in [7, 11) is 0. The molecule has 2 amide bonds. The van der Waals surface area contributed by atoms with Gasteiger partial charge in [0.25, 0.3) is 11.8 Å². The van der Waals surface area contributed by atoms with Gasteiger partial charge in [-0.2, -0.15) is 0 Å². The molecule has 0 aliphatic heterocycles. The van der Waals surface area contributed by atoms with E-state index in [9.17, 15) is 9.59 Å². The minimum atomic E-state index is -0.477. The van der Waals surface area contributed by atoms with Crippen molar-refractivity contribution in [2.24, 2.45) is 0 Å². The molecule has 3 N–H and O–H groups in total. The summed E-state index contributed by atoms with van der Waals surface area (Å²) in [6.45, 7) is 0. The maximum absolute atomic E-state index is 12.0. The predicted octanol–water partition coefficient (Wildman–Crippen LogP) is 3.23. The number of H-pyrrole nitrogens is 1. The van der Waals surface area contributed by atoms with Crippen molar-refractivity contribution in [2.45, 2.75) is 4.90 Å². The van der Waals surface area contributed by atoms with Crippen molar-refractivity contribution in [1.29, 1.82) is 0 Å². The van der Waals surface area contributed by atoms with Gasteiger partial charge in [-0.3, -0.25) is 20.4 Å². The van der Waals surface area contributed by atoms with Crippen molar-refractivity contribution in [3.05, 3.63) is 51.2 Å². The highest BCUT2D eigenvalue weighted by Crippen LogP contribution is 2.22. The molecule has 110 valence electrons. The summed E-state index contributed by atoms with van der Waals surface area (Å²) in [4.78, 5) is 27.5. The second-order valence-electron chi connectivity index (χ2n) is 3.99. The fraction of sp³-hybridized carbons (Fsp3) is 0.0769. The van der Waals surface area contributed by atoms with Gasteiger partial charge >= 0.3 is 0 Å². The lowest BCUT2D eigenvalue weighted by molar-refractivity contribution is 0.0844. The Morgan fingerprint density at radius 3 is 2.57 bits per heavy atom. The van der Waals surface area contributed by atoms with Gasteiger partial charge in [0.15, 0.2) is 0 Å². The van der Waals surface area contributed by atoms with E-state index in [2.05, 4.69) is 31.8 Å². The molecule has 0 spiro atoms. The Morgan fingerprint density at radius 2 is 1.95 bits per heavy atom. The number of nitrogens with one attached hydrogen (secondary N) is 3. The van der Waals surface area contributed by atoms with Gasteiger partial charge in [-0.15, -0.1) is 11.8 Å². The molecule has 1 aromatic heterocycles. The van der Waals surface area contributed by atoms with E-state index in [1.165, 1.54) is 11.8 Å². The fourth-order valence-electron chi connectivity index (χ4n) is 1.55. The van der Waals surface area contributed by atoms with Gasteiger partial charge < -0.3 is 4.98 Å². The number of thioether (sulfide) groups is 1. The summed E-state index contributed by atoms with van der Waals surface area (Å²) < 4.78 is 0.745. The highest BCUT2D eigenvalue weighted by Gasteiger charge is 2.13. The van der Waals surface area contributed by atoms with Crippen molar-refractivity contribution in [3.8, 4) is 0 Å². The summed E-state index contributed by atoms with van der Waals surface area (Å²) in [6.07, 6.45) is 3.52. The van der Waals surface area contributed by atoms with E-state index in [4.69, 9.17) is 11.6 Å². The Balaban J connectivity index is 2.03. The SMILES string of the molecule is CSc1ccc(Cl)c(C(=O)NNC(=O)c2cc(Br)c[nH]2)c1. The maximum Gasteiger partial charge on any atom is 0.286 e. The lowest BCUT2D eigenvalue weighted by Crippen LogP contribution is -2.41. The summed E-state index contributed by atoms with van der Waals surface area (Å²) in [5.74, 6) is -0.930. The summed E-state index contributed by atoms with van der Waals surface area (Å²) in [6, 6.07) is 6.73. The highest BCUT2D eigenvalue weighted by atomic mass is 79.9. The number of hydrogen-bond donors (Lipinski definition) is 3. The zero-order chi connectivity index (χ0) is 15.4. The standard InChI is InChI=1S/C13H11BrClN3O2S/c1-21-8-2-3-10(15)9(5-8)12(19)17-18-13(20)11-4-7(14)6-16-11/h2-6,16H,1H3,(H,17,19)(H,18,20). The first-order valence-electron chi connectivity index (χ1n) is 5.79. The molecule has 8 heteroatoms. The molecule has 21 heavy (non-hydrogen) atoms. The Hall–Kier alpha value is -1.44. The van der Waals surface area contributed by atoms with Gasteiger partial charge in [0.2, 0.25) is 0 Å². The normalized spacial score (nSPS) is 10.2. The van der Waals surface area contributed by atoms with Gasteiger partial charge in [0.05, 0.1) is 10.6 Å². The third kappa shape index (κ3) is 4.03. The highest BCUT2D eigenvalue weighted by molar-refractivity contribution is 9.10. The van der Waals surface area contributed by atoms with Crippen LogP contribution in [0.3, 0.4) is 0 Å². The number of halogens is 2. The third-order valence-electron chi connectivity index (χ3n) is 2.60. The fourth-order valence-corrected chi connectivity index (χ4v) is 2.54. The first kappa shape index (κ1) is 15.9. The molecule has 2 aromatic rings. The average molecular weight is 389 g/mol. The Labute approximate surface area is 138 Å². The summed E-state index contributed by atoms with van der Waals surface area (Å²) >= 11 is 10.7. The number of hydrogen-bond acceptors (Lipinski definition) is 3. The number of benzene rings is 1. The van der Waals surface area contributed by atoms with Crippen LogP contribution in [0.2, 0.25) is 5.02 Å². The molecule has 1 aromatic carbocycles. The van der Waals surface area contributed by atoms with Crippen molar-refractivity contribution in [3.63, 3.8) is 0 Å². The van der Waals surface area contributed by atoms with E-state index >= 15 is 0 Å². The van der Waals surface area contributed by atoms with E-state index in [1.807, 2.05) is 12.3 Å². The zero-order valence-corrected chi connectivity index (χ0v) is 14.0. The molecule has 2 rings (SSSR count). The number of aromatic nitrogens is 1. The molecular formula is C13H11BrClN3O2S. The van der Waals surface area contributed by atoms with Crippen LogP contribution in [0.4, 0.5) is 0 Å². The molecule has 0 fully saturated rings. The first-order valence-corrected chi connectivity index (χ1v) is 8.19. The van der Waals surface area contributed by atoms with Crippen molar-refractivity contribution in [1.82, 2.24) is 15.8 Å². The minimum absolute atomic E-state index is 0.302. The monoisotopic (exact) mass is 387 g/mol. The number of aromatic amines is 1. The molecule has 0 saturated carbocycles. The number of amides is 2. The van der Waals surface area contributed by atoms with Gasteiger partial charge in [-0.1, -0.05) is 11.6 Å². The van der Waals surface area contributed by atoms with Gasteiger partial charge in [-0.05, 0) is 46.5 Å². The Bertz CT molecular complexity index is 690. The molecule has 0 atom stereocenters. The largest absolute Gasteiger partial charge is 0.356 e. The second-order valence-corrected chi connectivity index (χ2v) is 6.19. The smallest absolute Gasteiger partial charge is 0.286 e. The molecule has 0 bridgehead atoms. The number of carbonyl (C=O) groups excluding carboxylic acids is 2. The molecule has 0 radical (unpaired) electrons.